The Kier molecular flexibility index (Phi) is 1.92. The predicted molar refractivity (Wildman–Crippen MR) is 48.3 cm³/mol. The van der Waals surface area contributed by atoms with Gasteiger partial charge in [-0.1, -0.05) is 0 Å². The standard InChI is InChI=1S/C9H8N2O3/c1-5-9(13)11-8-7(14-5)3-2-6(4-12)10-8/h2-5H,1H3,(H,10,11,13). The van der Waals surface area contributed by atoms with Crippen LogP contribution in [0.1, 0.15) is 17.4 Å². The van der Waals surface area contributed by atoms with Gasteiger partial charge in [-0.15, -0.1) is 0 Å². The van der Waals surface area contributed by atoms with Crippen molar-refractivity contribution in [3.8, 4) is 5.75 Å². The van der Waals surface area contributed by atoms with Crippen LogP contribution in [0.2, 0.25) is 0 Å². The molecule has 5 nitrogen and oxygen atoms in total. The summed E-state index contributed by atoms with van der Waals surface area (Å²) in [6, 6.07) is 3.15. The van der Waals surface area contributed by atoms with Crippen LogP contribution in [0.5, 0.6) is 5.75 Å². The van der Waals surface area contributed by atoms with Gasteiger partial charge in [0, 0.05) is 0 Å². The highest BCUT2D eigenvalue weighted by Crippen LogP contribution is 2.26. The molecule has 1 N–H and O–H groups in total. The highest BCUT2D eigenvalue weighted by molar-refractivity contribution is 5.96. The molecule has 2 heterocycles. The van der Waals surface area contributed by atoms with Gasteiger partial charge in [0.2, 0.25) is 0 Å². The van der Waals surface area contributed by atoms with Crippen molar-refractivity contribution in [1.82, 2.24) is 4.98 Å². The zero-order valence-corrected chi connectivity index (χ0v) is 7.48. The third-order valence-corrected chi connectivity index (χ3v) is 1.92. The van der Waals surface area contributed by atoms with Gasteiger partial charge in [0.15, 0.2) is 24.0 Å². The molecule has 0 spiro atoms. The Bertz CT molecular complexity index is 403. The number of rotatable bonds is 1. The monoisotopic (exact) mass is 192 g/mol. The highest BCUT2D eigenvalue weighted by atomic mass is 16.5. The maximum atomic E-state index is 11.2. The zero-order valence-electron chi connectivity index (χ0n) is 7.48. The van der Waals surface area contributed by atoms with Crippen LogP contribution in [-0.4, -0.2) is 23.3 Å². The normalized spacial score (nSPS) is 19.2. The Morgan fingerprint density at radius 2 is 2.36 bits per heavy atom. The van der Waals surface area contributed by atoms with Crippen LogP contribution in [0.3, 0.4) is 0 Å². The molecular weight excluding hydrogens is 184 g/mol. The first-order valence-corrected chi connectivity index (χ1v) is 4.14. The number of hydrogen-bond acceptors (Lipinski definition) is 4. The second kappa shape index (κ2) is 3.10. The molecule has 0 fully saturated rings. The molecule has 0 saturated carbocycles. The molecule has 2 rings (SSSR count). The number of aldehydes is 1. The molecule has 0 bridgehead atoms. The minimum atomic E-state index is -0.522. The molecule has 0 aliphatic carbocycles. The first-order valence-electron chi connectivity index (χ1n) is 4.14. The Hall–Kier alpha value is -1.91. The molecule has 1 amide bonds. The molecule has 1 unspecified atom stereocenters. The summed E-state index contributed by atoms with van der Waals surface area (Å²) in [6.07, 6.45) is 0.0937. The van der Waals surface area contributed by atoms with Crippen LogP contribution in [0.25, 0.3) is 0 Å². The number of carbonyl (C=O) groups excluding carboxylic acids is 2. The largest absolute Gasteiger partial charge is 0.477 e. The highest BCUT2D eigenvalue weighted by Gasteiger charge is 2.24. The molecule has 1 aliphatic heterocycles. The maximum absolute atomic E-state index is 11.2. The van der Waals surface area contributed by atoms with Gasteiger partial charge >= 0.3 is 0 Å². The van der Waals surface area contributed by atoms with Crippen LogP contribution in [0.4, 0.5) is 5.82 Å². The fraction of sp³-hybridized carbons (Fsp3) is 0.222. The third kappa shape index (κ3) is 1.32. The second-order valence-electron chi connectivity index (χ2n) is 2.95. The van der Waals surface area contributed by atoms with Crippen LogP contribution in [0.15, 0.2) is 12.1 Å². The van der Waals surface area contributed by atoms with Crippen molar-refractivity contribution in [2.24, 2.45) is 0 Å². The Labute approximate surface area is 80.1 Å². The Morgan fingerprint density at radius 1 is 1.57 bits per heavy atom. The molecule has 1 atom stereocenters. The lowest BCUT2D eigenvalue weighted by atomic mass is 10.2. The van der Waals surface area contributed by atoms with E-state index < -0.39 is 6.10 Å². The number of anilines is 1. The van der Waals surface area contributed by atoms with Gasteiger partial charge < -0.3 is 10.1 Å². The minimum absolute atomic E-state index is 0.256. The lowest BCUT2D eigenvalue weighted by Gasteiger charge is -2.22. The number of amides is 1. The van der Waals surface area contributed by atoms with E-state index in [9.17, 15) is 9.59 Å². The molecule has 0 aromatic carbocycles. The average Bonchev–Trinajstić information content (AvgIpc) is 2.19. The number of carbonyl (C=O) groups is 2. The van der Waals surface area contributed by atoms with E-state index in [0.29, 0.717) is 17.9 Å². The smallest absolute Gasteiger partial charge is 0.266 e. The van der Waals surface area contributed by atoms with Crippen molar-refractivity contribution in [2.75, 3.05) is 5.32 Å². The third-order valence-electron chi connectivity index (χ3n) is 1.92. The van der Waals surface area contributed by atoms with Gasteiger partial charge in [-0.25, -0.2) is 4.98 Å². The van der Waals surface area contributed by atoms with Gasteiger partial charge in [0.1, 0.15) is 5.69 Å². The summed E-state index contributed by atoms with van der Waals surface area (Å²) in [5, 5.41) is 2.55. The number of pyridine rings is 1. The molecule has 14 heavy (non-hydrogen) atoms. The number of nitrogens with zero attached hydrogens (tertiary/aromatic N) is 1. The summed E-state index contributed by atoms with van der Waals surface area (Å²) in [7, 11) is 0. The molecule has 5 heteroatoms. The van der Waals surface area contributed by atoms with Gasteiger partial charge in [-0.2, -0.15) is 0 Å². The van der Waals surface area contributed by atoms with Crippen molar-refractivity contribution >= 4 is 18.0 Å². The lowest BCUT2D eigenvalue weighted by molar-refractivity contribution is -0.122. The van der Waals surface area contributed by atoms with Crippen molar-refractivity contribution in [1.29, 1.82) is 0 Å². The van der Waals surface area contributed by atoms with E-state index in [1.54, 1.807) is 13.0 Å². The summed E-state index contributed by atoms with van der Waals surface area (Å²) < 4.78 is 5.25. The number of fused-ring (bicyclic) bond motifs is 1. The van der Waals surface area contributed by atoms with Gasteiger partial charge in [0.25, 0.3) is 5.91 Å². The summed E-state index contributed by atoms with van der Waals surface area (Å²) in [5.74, 6) is 0.536. The van der Waals surface area contributed by atoms with Crippen molar-refractivity contribution < 1.29 is 14.3 Å². The molecule has 72 valence electrons. The molecular formula is C9H8N2O3. The van der Waals surface area contributed by atoms with Crippen molar-refractivity contribution in [2.45, 2.75) is 13.0 Å². The molecule has 1 aliphatic rings. The van der Waals surface area contributed by atoms with Crippen LogP contribution >= 0.6 is 0 Å². The number of aromatic nitrogens is 1. The van der Waals surface area contributed by atoms with E-state index in [1.165, 1.54) is 6.07 Å². The van der Waals surface area contributed by atoms with Gasteiger partial charge in [0.05, 0.1) is 0 Å². The topological polar surface area (TPSA) is 68.3 Å². The van der Waals surface area contributed by atoms with Gasteiger partial charge in [-0.3, -0.25) is 9.59 Å². The molecule has 0 radical (unpaired) electrons. The molecule has 1 aromatic heterocycles. The number of hydrogen-bond donors (Lipinski definition) is 1. The van der Waals surface area contributed by atoms with Crippen molar-refractivity contribution in [3.05, 3.63) is 17.8 Å². The van der Waals surface area contributed by atoms with E-state index in [2.05, 4.69) is 10.3 Å². The molecule has 1 aromatic rings. The first kappa shape index (κ1) is 8.68. The van der Waals surface area contributed by atoms with E-state index in [1.807, 2.05) is 0 Å². The van der Waals surface area contributed by atoms with E-state index in [-0.39, 0.29) is 11.6 Å². The van der Waals surface area contributed by atoms with Gasteiger partial charge in [-0.05, 0) is 19.1 Å². The fourth-order valence-corrected chi connectivity index (χ4v) is 1.17. The van der Waals surface area contributed by atoms with Crippen molar-refractivity contribution in [3.63, 3.8) is 0 Å². The summed E-state index contributed by atoms with van der Waals surface area (Å²) in [4.78, 5) is 25.5. The van der Waals surface area contributed by atoms with Crippen LogP contribution in [-0.2, 0) is 4.79 Å². The maximum Gasteiger partial charge on any atom is 0.266 e. The number of ether oxygens (including phenoxy) is 1. The van der Waals surface area contributed by atoms with Crippen LogP contribution in [0, 0.1) is 0 Å². The SMILES string of the molecule is CC1Oc2ccc(C=O)nc2NC1=O. The predicted octanol–water partition coefficient (Wildman–Crippen LogP) is 0.613. The lowest BCUT2D eigenvalue weighted by Crippen LogP contribution is -2.34. The summed E-state index contributed by atoms with van der Waals surface area (Å²) in [5.41, 5.74) is 0.266. The van der Waals surface area contributed by atoms with E-state index in [0.717, 1.165) is 0 Å². The van der Waals surface area contributed by atoms with E-state index in [4.69, 9.17) is 4.74 Å². The van der Waals surface area contributed by atoms with Crippen LogP contribution < -0.4 is 10.1 Å². The first-order chi connectivity index (χ1) is 6.70. The fourth-order valence-electron chi connectivity index (χ4n) is 1.17. The number of nitrogens with one attached hydrogen (secondary N) is 1. The average molecular weight is 192 g/mol. The molecule has 0 saturated heterocycles. The Balaban J connectivity index is 2.42. The Morgan fingerprint density at radius 3 is 3.07 bits per heavy atom. The summed E-state index contributed by atoms with van der Waals surface area (Å²) in [6.45, 7) is 1.64. The quantitative estimate of drug-likeness (QED) is 0.662. The zero-order chi connectivity index (χ0) is 10.1. The second-order valence-corrected chi connectivity index (χ2v) is 2.95. The summed E-state index contributed by atoms with van der Waals surface area (Å²) >= 11 is 0. The van der Waals surface area contributed by atoms with E-state index >= 15 is 0 Å². The minimum Gasteiger partial charge on any atom is -0.477 e.